The number of carbonyl (C=O) groups excluding carboxylic acids is 1. The van der Waals surface area contributed by atoms with E-state index in [9.17, 15) is 4.79 Å². The number of nitrogens with zero attached hydrogens (tertiary/aromatic N) is 4. The molecule has 0 saturated carbocycles. The van der Waals surface area contributed by atoms with E-state index in [4.69, 9.17) is 0 Å². The second kappa shape index (κ2) is 7.40. The van der Waals surface area contributed by atoms with Crippen molar-refractivity contribution in [1.29, 1.82) is 0 Å². The van der Waals surface area contributed by atoms with Crippen molar-refractivity contribution < 1.29 is 4.79 Å². The molecule has 0 fully saturated rings. The average Bonchev–Trinajstić information content (AvgIpc) is 2.93. The predicted octanol–water partition coefficient (Wildman–Crippen LogP) is 2.12. The van der Waals surface area contributed by atoms with Crippen molar-refractivity contribution in [3.8, 4) is 0 Å². The minimum absolute atomic E-state index is 0.00823. The van der Waals surface area contributed by atoms with Gasteiger partial charge in [-0.2, -0.15) is 0 Å². The smallest absolute Gasteiger partial charge is 0.230 e. The summed E-state index contributed by atoms with van der Waals surface area (Å²) in [6.07, 6.45) is 0.884. The van der Waals surface area contributed by atoms with E-state index in [1.54, 1.807) is 4.68 Å². The molecule has 0 atom stereocenters. The number of hydrogen-bond donors (Lipinski definition) is 1. The number of thioether (sulfide) groups is 1. The molecule has 1 heterocycles. The van der Waals surface area contributed by atoms with E-state index >= 15 is 0 Å². The number of aromatic nitrogens is 4. The monoisotopic (exact) mass is 319 g/mol. The van der Waals surface area contributed by atoms with Crippen LogP contribution in [0.4, 0.5) is 0 Å². The molecule has 7 heteroatoms. The second-order valence-corrected chi connectivity index (χ2v) is 6.62. The first-order chi connectivity index (χ1) is 10.5. The van der Waals surface area contributed by atoms with Crippen LogP contribution in [0.1, 0.15) is 32.8 Å². The van der Waals surface area contributed by atoms with Crippen LogP contribution in [-0.4, -0.2) is 37.4 Å². The SMILES string of the molecule is CCC(C)(C)NC(=O)CSc1nnnn1Cc1ccccc1. The average molecular weight is 319 g/mol. The maximum Gasteiger partial charge on any atom is 0.230 e. The van der Waals surface area contributed by atoms with E-state index in [1.807, 2.05) is 51.1 Å². The maximum absolute atomic E-state index is 12.0. The van der Waals surface area contributed by atoms with E-state index in [-0.39, 0.29) is 11.4 Å². The number of amides is 1. The fourth-order valence-corrected chi connectivity index (χ4v) is 2.46. The van der Waals surface area contributed by atoms with Gasteiger partial charge in [0.15, 0.2) is 0 Å². The lowest BCUT2D eigenvalue weighted by Gasteiger charge is -2.24. The summed E-state index contributed by atoms with van der Waals surface area (Å²) in [5, 5.41) is 15.3. The molecule has 118 valence electrons. The number of carbonyl (C=O) groups is 1. The zero-order valence-electron chi connectivity index (χ0n) is 13.1. The van der Waals surface area contributed by atoms with E-state index in [2.05, 4.69) is 20.8 Å². The summed E-state index contributed by atoms with van der Waals surface area (Å²) < 4.78 is 1.71. The van der Waals surface area contributed by atoms with Gasteiger partial charge in [0.1, 0.15) is 0 Å². The van der Waals surface area contributed by atoms with E-state index in [1.165, 1.54) is 11.8 Å². The van der Waals surface area contributed by atoms with Gasteiger partial charge < -0.3 is 5.32 Å². The number of benzene rings is 1. The van der Waals surface area contributed by atoms with Gasteiger partial charge in [0.2, 0.25) is 11.1 Å². The molecule has 0 aliphatic rings. The Morgan fingerprint density at radius 2 is 2.05 bits per heavy atom. The summed E-state index contributed by atoms with van der Waals surface area (Å²) in [7, 11) is 0. The van der Waals surface area contributed by atoms with Gasteiger partial charge in [-0.1, -0.05) is 49.0 Å². The highest BCUT2D eigenvalue weighted by atomic mass is 32.2. The highest BCUT2D eigenvalue weighted by molar-refractivity contribution is 7.99. The molecule has 0 unspecified atom stereocenters. The summed E-state index contributed by atoms with van der Waals surface area (Å²) in [6.45, 7) is 6.66. The van der Waals surface area contributed by atoms with Crippen LogP contribution in [0.2, 0.25) is 0 Å². The second-order valence-electron chi connectivity index (χ2n) is 5.68. The molecule has 1 aromatic carbocycles. The van der Waals surface area contributed by atoms with E-state index in [0.717, 1.165) is 12.0 Å². The van der Waals surface area contributed by atoms with Crippen molar-refractivity contribution in [2.75, 3.05) is 5.75 Å². The van der Waals surface area contributed by atoms with Crippen LogP contribution in [-0.2, 0) is 11.3 Å². The molecule has 6 nitrogen and oxygen atoms in total. The van der Waals surface area contributed by atoms with E-state index in [0.29, 0.717) is 17.5 Å². The normalized spacial score (nSPS) is 11.4. The zero-order valence-corrected chi connectivity index (χ0v) is 13.9. The summed E-state index contributed by atoms with van der Waals surface area (Å²) in [5.41, 5.74) is 0.932. The minimum atomic E-state index is -0.187. The molecule has 0 aliphatic carbocycles. The largest absolute Gasteiger partial charge is 0.351 e. The van der Waals surface area contributed by atoms with Crippen molar-refractivity contribution in [3.63, 3.8) is 0 Å². The minimum Gasteiger partial charge on any atom is -0.351 e. The van der Waals surface area contributed by atoms with Crippen LogP contribution in [0.25, 0.3) is 0 Å². The first kappa shape index (κ1) is 16.5. The summed E-state index contributed by atoms with van der Waals surface area (Å²) in [4.78, 5) is 12.0. The summed E-state index contributed by atoms with van der Waals surface area (Å²) in [5.74, 6) is 0.296. The first-order valence-corrected chi connectivity index (χ1v) is 8.22. The van der Waals surface area contributed by atoms with Crippen molar-refractivity contribution in [2.24, 2.45) is 0 Å². The van der Waals surface area contributed by atoms with Crippen molar-refractivity contribution in [2.45, 2.75) is 44.4 Å². The quantitative estimate of drug-likeness (QED) is 0.791. The third kappa shape index (κ3) is 4.84. The third-order valence-corrected chi connectivity index (χ3v) is 4.33. The van der Waals surface area contributed by atoms with Crippen LogP contribution in [0, 0.1) is 0 Å². The molecule has 2 rings (SSSR count). The van der Waals surface area contributed by atoms with Crippen molar-refractivity contribution >= 4 is 17.7 Å². The molecule has 1 amide bonds. The molecule has 2 aromatic rings. The Bertz CT molecular complexity index is 611. The van der Waals surface area contributed by atoms with Crippen LogP contribution >= 0.6 is 11.8 Å². The van der Waals surface area contributed by atoms with Crippen molar-refractivity contribution in [1.82, 2.24) is 25.5 Å². The molecule has 22 heavy (non-hydrogen) atoms. The number of hydrogen-bond acceptors (Lipinski definition) is 5. The van der Waals surface area contributed by atoms with Crippen LogP contribution < -0.4 is 5.32 Å². The summed E-state index contributed by atoms with van der Waals surface area (Å²) in [6, 6.07) is 9.97. The van der Waals surface area contributed by atoms with Crippen LogP contribution in [0.15, 0.2) is 35.5 Å². The Hall–Kier alpha value is -1.89. The molecule has 0 aliphatic heterocycles. The zero-order chi connectivity index (χ0) is 16.0. The molecule has 0 bridgehead atoms. The van der Waals surface area contributed by atoms with Gasteiger partial charge in [-0.05, 0) is 36.3 Å². The van der Waals surface area contributed by atoms with Gasteiger partial charge in [0, 0.05) is 5.54 Å². The van der Waals surface area contributed by atoms with Crippen LogP contribution in [0.3, 0.4) is 0 Å². The number of nitrogens with one attached hydrogen (secondary N) is 1. The lowest BCUT2D eigenvalue weighted by atomic mass is 10.0. The lowest BCUT2D eigenvalue weighted by molar-refractivity contribution is -0.120. The Labute approximate surface area is 134 Å². The highest BCUT2D eigenvalue weighted by Crippen LogP contribution is 2.15. The molecule has 0 saturated heterocycles. The number of rotatable bonds is 7. The number of tetrazole rings is 1. The molecule has 0 radical (unpaired) electrons. The molecular weight excluding hydrogens is 298 g/mol. The van der Waals surface area contributed by atoms with Gasteiger partial charge >= 0.3 is 0 Å². The molecule has 0 spiro atoms. The molecular formula is C15H21N5OS. The lowest BCUT2D eigenvalue weighted by Crippen LogP contribution is -2.43. The molecule has 1 N–H and O–H groups in total. The Kier molecular flexibility index (Phi) is 5.54. The van der Waals surface area contributed by atoms with Gasteiger partial charge in [-0.15, -0.1) is 5.10 Å². The highest BCUT2D eigenvalue weighted by Gasteiger charge is 2.18. The van der Waals surface area contributed by atoms with Crippen LogP contribution in [0.5, 0.6) is 0 Å². The first-order valence-electron chi connectivity index (χ1n) is 7.24. The van der Waals surface area contributed by atoms with E-state index < -0.39 is 0 Å². The maximum atomic E-state index is 12.0. The van der Waals surface area contributed by atoms with Gasteiger partial charge in [-0.3, -0.25) is 4.79 Å². The Morgan fingerprint density at radius 1 is 1.32 bits per heavy atom. The third-order valence-electron chi connectivity index (χ3n) is 3.37. The summed E-state index contributed by atoms with van der Waals surface area (Å²) >= 11 is 1.35. The fraction of sp³-hybridized carbons (Fsp3) is 0.467. The van der Waals surface area contributed by atoms with Crippen molar-refractivity contribution in [3.05, 3.63) is 35.9 Å². The standard InChI is InChI=1S/C15H21N5OS/c1-4-15(2,3)16-13(21)11-22-14-17-18-19-20(14)10-12-8-6-5-7-9-12/h5-9H,4,10-11H2,1-3H3,(H,16,21). The Morgan fingerprint density at radius 3 is 2.73 bits per heavy atom. The predicted molar refractivity (Wildman–Crippen MR) is 86.6 cm³/mol. The fourth-order valence-electron chi connectivity index (χ4n) is 1.79. The topological polar surface area (TPSA) is 72.7 Å². The van der Waals surface area contributed by atoms with Gasteiger partial charge in [0.05, 0.1) is 12.3 Å². The Balaban J connectivity index is 1.92. The molecule has 1 aromatic heterocycles. The van der Waals surface area contributed by atoms with Gasteiger partial charge in [0.25, 0.3) is 0 Å². The van der Waals surface area contributed by atoms with Gasteiger partial charge in [-0.25, -0.2) is 4.68 Å².